The van der Waals surface area contributed by atoms with Crippen LogP contribution in [0, 0.1) is 23.7 Å². The van der Waals surface area contributed by atoms with Crippen LogP contribution < -0.4 is 27.4 Å². The van der Waals surface area contributed by atoms with E-state index in [-0.39, 0.29) is 66.6 Å². The first kappa shape index (κ1) is 50.0. The highest BCUT2D eigenvalue weighted by atomic mass is 28.3. The van der Waals surface area contributed by atoms with Crippen LogP contribution in [-0.4, -0.2) is 99.4 Å². The third-order valence-electron chi connectivity index (χ3n) is 10.7. The lowest BCUT2D eigenvalue weighted by Gasteiger charge is -2.35. The van der Waals surface area contributed by atoms with Gasteiger partial charge in [0.2, 0.25) is 26.3 Å². The first-order chi connectivity index (χ1) is 27.6. The normalized spacial score (nSPS) is 16.6. The second kappa shape index (κ2) is 26.8. The van der Waals surface area contributed by atoms with E-state index in [9.17, 15) is 28.8 Å². The van der Waals surface area contributed by atoms with Crippen LogP contribution in [0.4, 0.5) is 9.59 Å². The maximum absolute atomic E-state index is 14.4. The van der Waals surface area contributed by atoms with Crippen molar-refractivity contribution >= 4 is 49.9 Å². The molecule has 1 aliphatic rings. The minimum Gasteiger partial charge on any atom is -0.445 e. The van der Waals surface area contributed by atoms with Crippen molar-refractivity contribution in [3.8, 4) is 0 Å². The zero-order valence-electron chi connectivity index (χ0n) is 35.9. The molecule has 0 saturated heterocycles. The van der Waals surface area contributed by atoms with Crippen LogP contribution in [0.2, 0.25) is 6.04 Å². The summed E-state index contributed by atoms with van der Waals surface area (Å²) in [6.07, 6.45) is 7.41. The maximum atomic E-state index is 14.4. The summed E-state index contributed by atoms with van der Waals surface area (Å²) in [7, 11) is -1.11. The van der Waals surface area contributed by atoms with Gasteiger partial charge in [0.15, 0.2) is 0 Å². The van der Waals surface area contributed by atoms with Crippen molar-refractivity contribution in [2.24, 2.45) is 40.1 Å². The van der Waals surface area contributed by atoms with Gasteiger partial charge in [-0.25, -0.2) is 9.79 Å². The van der Waals surface area contributed by atoms with Gasteiger partial charge in [0.05, 0.1) is 25.2 Å². The van der Waals surface area contributed by atoms with Crippen molar-refractivity contribution in [1.29, 1.82) is 0 Å². The van der Waals surface area contributed by atoms with Crippen molar-refractivity contribution in [3.05, 3.63) is 35.9 Å². The molecule has 6 amide bonds. The summed E-state index contributed by atoms with van der Waals surface area (Å²) < 4.78 is 13.1. The quantitative estimate of drug-likeness (QED) is 0.0530. The van der Waals surface area contributed by atoms with Crippen LogP contribution in [0.25, 0.3) is 0 Å². The van der Waals surface area contributed by atoms with Crippen molar-refractivity contribution in [1.82, 2.24) is 20.5 Å². The van der Waals surface area contributed by atoms with Crippen LogP contribution in [0.15, 0.2) is 35.3 Å². The topological polar surface area (TPSA) is 225 Å². The zero-order chi connectivity index (χ0) is 43.2. The van der Waals surface area contributed by atoms with Crippen LogP contribution >= 0.6 is 0 Å². The summed E-state index contributed by atoms with van der Waals surface area (Å²) in [6.45, 7) is 11.5. The van der Waals surface area contributed by atoms with Crippen molar-refractivity contribution in [3.63, 3.8) is 0 Å². The van der Waals surface area contributed by atoms with Gasteiger partial charge in [0, 0.05) is 25.6 Å². The first-order valence-corrected chi connectivity index (χ1v) is 23.0. The summed E-state index contributed by atoms with van der Waals surface area (Å²) in [5, 5.41) is 8.35. The minimum atomic E-state index is -2.77. The Bertz CT molecular complexity index is 1490. The molecule has 2 rings (SSSR count). The van der Waals surface area contributed by atoms with Crippen LogP contribution in [0.3, 0.4) is 0 Å². The summed E-state index contributed by atoms with van der Waals surface area (Å²) in [6, 6.07) is 8.16. The molecule has 6 atom stereocenters. The van der Waals surface area contributed by atoms with Gasteiger partial charge >= 0.3 is 6.09 Å². The summed E-state index contributed by atoms with van der Waals surface area (Å²) in [4.78, 5) is 83.9. The molecule has 16 heteroatoms. The van der Waals surface area contributed by atoms with Crippen LogP contribution in [0.5, 0.6) is 0 Å². The number of carbonyl (C=O) groups is 6. The Morgan fingerprint density at radius 2 is 1.62 bits per heavy atom. The molecule has 1 fully saturated rings. The number of hydrogen-bond acceptors (Lipinski definition) is 9. The van der Waals surface area contributed by atoms with Gasteiger partial charge < -0.3 is 41.5 Å². The molecule has 326 valence electrons. The summed E-state index contributed by atoms with van der Waals surface area (Å²) >= 11 is 0. The second-order valence-corrected chi connectivity index (χ2v) is 19.0. The van der Waals surface area contributed by atoms with E-state index >= 15 is 0 Å². The highest BCUT2D eigenvalue weighted by molar-refractivity contribution is 6.89. The number of nitrogens with zero attached hydrogens (tertiary/aromatic N) is 2. The molecule has 0 aromatic heterocycles. The number of unbranched alkanes of at least 4 members (excludes halogenated alkanes) is 3. The predicted molar refractivity (Wildman–Crippen MR) is 228 cm³/mol. The number of benzene rings is 1. The van der Waals surface area contributed by atoms with E-state index < -0.39 is 51.5 Å². The van der Waals surface area contributed by atoms with E-state index in [2.05, 4.69) is 27.9 Å². The number of nitrogens with two attached hydrogens (primary N) is 2. The van der Waals surface area contributed by atoms with E-state index in [1.54, 1.807) is 30.7 Å². The van der Waals surface area contributed by atoms with Gasteiger partial charge in [-0.2, -0.15) is 0 Å². The van der Waals surface area contributed by atoms with Gasteiger partial charge in [-0.1, -0.05) is 110 Å². The molecule has 7 N–H and O–H groups in total. The van der Waals surface area contributed by atoms with E-state index in [0.717, 1.165) is 50.5 Å². The molecule has 0 unspecified atom stereocenters. The van der Waals surface area contributed by atoms with E-state index in [0.29, 0.717) is 25.3 Å². The Kier molecular flexibility index (Phi) is 23.1. The molecule has 15 nitrogen and oxygen atoms in total. The standard InChI is InChI=1S/C42H71N7O8Si/c1-8-9-10-17-22-35(56-25-30(5)46-38(51)29(4)23-43)31(6)40(53)49(7)58(27-28(2)3)42(55)48-36(33-20-15-12-16-21-33)39(52)47-34(37(44)50)24-45-41(54)57-26-32-18-13-11-14-19-32/h11,13-14,18-19,28-31,33,35-36,58H,8-10,12,15-17,20-27,43H2,1-7H3,(H2,44,50)(H,45,54)(H,46,51)(H,48,55)/t29-,30+,31+,35+,36-,58-/m0/s1. The fraction of sp³-hybridized carbons (Fsp3) is 0.690. The molecule has 0 bridgehead atoms. The summed E-state index contributed by atoms with van der Waals surface area (Å²) in [5.41, 5.74) is 11.3. The number of primary amides is 1. The third-order valence-corrected chi connectivity index (χ3v) is 14.0. The SMILES string of the molecule is CCCCCC[C@@H](OC[C@@H](C)NC(=O)[C@@H](C)CN)[C@@H](C)C(=O)N(C)[Si@@H](CC(C)C)C(=O)N[C@H](C(=O)N=C(CNC(=O)OCc1ccccc1)C(N)=O)C1CCCCC1. The number of rotatable bonds is 25. The highest BCUT2D eigenvalue weighted by Gasteiger charge is 2.39. The lowest BCUT2D eigenvalue weighted by atomic mass is 9.83. The van der Waals surface area contributed by atoms with Gasteiger partial charge in [-0.05, 0) is 49.6 Å². The largest absolute Gasteiger partial charge is 0.445 e. The Morgan fingerprint density at radius 3 is 2.22 bits per heavy atom. The molecule has 0 aliphatic heterocycles. The average Bonchev–Trinajstić information content (AvgIpc) is 3.21. The monoisotopic (exact) mass is 830 g/mol. The van der Waals surface area contributed by atoms with Gasteiger partial charge in [0.1, 0.15) is 18.4 Å². The first-order valence-electron chi connectivity index (χ1n) is 21.1. The predicted octanol–water partition coefficient (Wildman–Crippen LogP) is 4.54. The molecule has 0 radical (unpaired) electrons. The van der Waals surface area contributed by atoms with Gasteiger partial charge in [-0.15, -0.1) is 0 Å². The average molecular weight is 830 g/mol. The molecule has 1 aromatic carbocycles. The van der Waals surface area contributed by atoms with E-state index in [1.807, 2.05) is 45.9 Å². The second-order valence-electron chi connectivity index (χ2n) is 16.2. The van der Waals surface area contributed by atoms with Gasteiger partial charge in [0.25, 0.3) is 11.8 Å². The number of hydrogen-bond donors (Lipinski definition) is 5. The maximum Gasteiger partial charge on any atom is 0.407 e. The van der Waals surface area contributed by atoms with Gasteiger partial charge in [-0.3, -0.25) is 24.0 Å². The number of aliphatic imine (C=N–C) groups is 1. The summed E-state index contributed by atoms with van der Waals surface area (Å²) in [5.74, 6) is -3.20. The Labute approximate surface area is 347 Å². The number of ether oxygens (including phenoxy) is 2. The Hall–Kier alpha value is -4.15. The Balaban J connectivity index is 2.28. The van der Waals surface area contributed by atoms with Crippen LogP contribution in [-0.2, 0) is 35.3 Å². The molecule has 1 aliphatic carbocycles. The molecular formula is C42H71N7O8Si. The van der Waals surface area contributed by atoms with Crippen molar-refractivity contribution in [2.75, 3.05) is 26.7 Å². The third kappa shape index (κ3) is 17.8. The molecule has 0 heterocycles. The van der Waals surface area contributed by atoms with E-state index in [4.69, 9.17) is 20.9 Å². The van der Waals surface area contributed by atoms with Crippen molar-refractivity contribution in [2.45, 2.75) is 137 Å². The van der Waals surface area contributed by atoms with Crippen molar-refractivity contribution < 1.29 is 38.2 Å². The molecule has 1 aromatic rings. The number of amides is 6. The fourth-order valence-electron chi connectivity index (χ4n) is 6.99. The lowest BCUT2D eigenvalue weighted by Crippen LogP contribution is -2.58. The smallest absolute Gasteiger partial charge is 0.407 e. The zero-order valence-corrected chi connectivity index (χ0v) is 37.1. The molecule has 58 heavy (non-hydrogen) atoms. The highest BCUT2D eigenvalue weighted by Crippen LogP contribution is 2.28. The number of carbonyl (C=O) groups excluding carboxylic acids is 6. The minimum absolute atomic E-state index is 0.00209. The molecular weight excluding hydrogens is 759 g/mol. The number of alkyl carbamates (subject to hydrolysis) is 1. The fourth-order valence-corrected chi connectivity index (χ4v) is 9.67. The Morgan fingerprint density at radius 1 is 0.948 bits per heavy atom. The lowest BCUT2D eigenvalue weighted by molar-refractivity contribution is -0.136. The van der Waals surface area contributed by atoms with E-state index in [1.165, 1.54) is 0 Å². The molecule has 1 saturated carbocycles. The van der Waals surface area contributed by atoms with Crippen LogP contribution in [0.1, 0.15) is 111 Å². The number of nitrogens with one attached hydrogen (secondary N) is 3. The molecule has 0 spiro atoms.